The van der Waals surface area contributed by atoms with Crippen molar-refractivity contribution >= 4 is 45.0 Å². The predicted octanol–water partition coefficient (Wildman–Crippen LogP) is 7.96. The fourth-order valence-corrected chi connectivity index (χ4v) is 6.54. The molecule has 7 nitrogen and oxygen atoms in total. The van der Waals surface area contributed by atoms with E-state index in [1.54, 1.807) is 44.8 Å². The second-order valence-electron chi connectivity index (χ2n) is 11.2. The number of carbonyl (C=O) groups excluding carboxylic acids is 2. The van der Waals surface area contributed by atoms with E-state index in [0.29, 0.717) is 38.5 Å². The van der Waals surface area contributed by atoms with Crippen molar-refractivity contribution in [2.24, 2.45) is 11.8 Å². The monoisotopic (exact) mass is 588 g/mol. The number of hydrogen-bond donors (Lipinski definition) is 1. The Balaban J connectivity index is 0.000000168. The number of pyridine rings is 2. The average Bonchev–Trinajstić information content (AvgIpc) is 3.05. The van der Waals surface area contributed by atoms with E-state index in [0.717, 1.165) is 56.8 Å². The minimum Gasteiger partial charge on any atom is -0.495 e. The van der Waals surface area contributed by atoms with Gasteiger partial charge in [0.2, 0.25) is 0 Å². The Kier molecular flexibility index (Phi) is 9.58. The topological polar surface area (TPSA) is 98.4 Å². The number of ether oxygens (including phenoxy) is 2. The largest absolute Gasteiger partial charge is 0.495 e. The summed E-state index contributed by atoms with van der Waals surface area (Å²) in [6.45, 7) is 0. The summed E-state index contributed by atoms with van der Waals surface area (Å²) < 4.78 is 10.5. The lowest BCUT2D eigenvalue weighted by molar-refractivity contribution is 0.0881. The van der Waals surface area contributed by atoms with Crippen LogP contribution in [-0.4, -0.2) is 35.8 Å². The molecule has 0 radical (unpaired) electrons. The normalized spacial score (nSPS) is 16.1. The van der Waals surface area contributed by atoms with Crippen LogP contribution in [0.5, 0.6) is 11.5 Å². The number of benzene rings is 2. The third-order valence-electron chi connectivity index (χ3n) is 8.59. The number of ketones is 2. The van der Waals surface area contributed by atoms with Crippen molar-refractivity contribution in [2.75, 3.05) is 14.2 Å². The minimum atomic E-state index is -0.196. The molecule has 220 valence electrons. The second kappa shape index (κ2) is 13.5. The molecule has 2 saturated carbocycles. The lowest BCUT2D eigenvalue weighted by Crippen LogP contribution is -2.24. The number of nitrogens with one attached hydrogen (secondary N) is 1. The molecule has 0 aliphatic heterocycles. The molecule has 2 aromatic heterocycles. The maximum absolute atomic E-state index is 12.7. The molecule has 42 heavy (non-hydrogen) atoms. The van der Waals surface area contributed by atoms with Gasteiger partial charge in [-0.05, 0) is 43.9 Å². The van der Waals surface area contributed by atoms with E-state index < -0.39 is 0 Å². The number of H-pyrrole nitrogens is 1. The summed E-state index contributed by atoms with van der Waals surface area (Å²) in [4.78, 5) is 45.3. The van der Waals surface area contributed by atoms with Crippen LogP contribution < -0.4 is 14.9 Å². The molecule has 2 aliphatic carbocycles. The zero-order valence-electron chi connectivity index (χ0n) is 24.2. The number of fused-ring (bicyclic) bond motifs is 2. The van der Waals surface area contributed by atoms with Crippen molar-refractivity contribution in [3.05, 3.63) is 75.2 Å². The summed E-state index contributed by atoms with van der Waals surface area (Å²) in [7, 11) is 3.17. The number of carbonyl (C=O) groups is 2. The van der Waals surface area contributed by atoms with Crippen molar-refractivity contribution in [2.45, 2.75) is 64.2 Å². The highest BCUT2D eigenvalue weighted by Crippen LogP contribution is 2.34. The molecule has 1 N–H and O–H groups in total. The first-order valence-electron chi connectivity index (χ1n) is 14.8. The fourth-order valence-electron chi connectivity index (χ4n) is 6.25. The predicted molar refractivity (Wildman–Crippen MR) is 166 cm³/mol. The summed E-state index contributed by atoms with van der Waals surface area (Å²) in [5, 5.41) is 1.78. The highest BCUT2D eigenvalue weighted by Gasteiger charge is 2.26. The first kappa shape index (κ1) is 29.8. The molecule has 0 saturated heterocycles. The van der Waals surface area contributed by atoms with Crippen LogP contribution in [0.15, 0.2) is 53.6 Å². The molecule has 0 amide bonds. The second-order valence-corrected chi connectivity index (χ2v) is 11.5. The lowest BCUT2D eigenvalue weighted by atomic mass is 9.84. The first-order chi connectivity index (χ1) is 20.4. The van der Waals surface area contributed by atoms with Gasteiger partial charge < -0.3 is 14.5 Å². The number of nitrogens with zero attached hydrogens (tertiary/aromatic N) is 1. The summed E-state index contributed by atoms with van der Waals surface area (Å²) in [5.41, 5.74) is 1.97. The van der Waals surface area contributed by atoms with Crippen molar-refractivity contribution in [3.8, 4) is 11.5 Å². The number of aromatic amines is 1. The Labute approximate surface area is 250 Å². The molecule has 0 atom stereocenters. The summed E-state index contributed by atoms with van der Waals surface area (Å²) in [5.74, 6) is 1.51. The maximum Gasteiger partial charge on any atom is 0.200 e. The van der Waals surface area contributed by atoms with E-state index in [2.05, 4.69) is 9.97 Å². The zero-order chi connectivity index (χ0) is 29.6. The van der Waals surface area contributed by atoms with Gasteiger partial charge in [-0.3, -0.25) is 19.4 Å². The number of aromatic nitrogens is 2. The van der Waals surface area contributed by atoms with Gasteiger partial charge in [-0.2, -0.15) is 0 Å². The standard InChI is InChI=1S/C17H18ClNO2.C17H19NO3/c1-21-14-9-5-8-12-15(18)13(10-19-16(12)14)17(20)11-6-3-2-4-7-11;1-21-14-9-5-8-12-15(14)18-10-13(17(12)20)16(19)11-6-3-2-4-7-11/h5,8-11H,2-4,6-7H2,1H3;5,8-11H,2-4,6-7H2,1H3,(H,18,20). The van der Waals surface area contributed by atoms with Crippen molar-refractivity contribution in [3.63, 3.8) is 0 Å². The zero-order valence-corrected chi connectivity index (χ0v) is 25.0. The summed E-state index contributed by atoms with van der Waals surface area (Å²) in [6, 6.07) is 10.9. The van der Waals surface area contributed by atoms with Crippen LogP contribution in [0.2, 0.25) is 5.02 Å². The van der Waals surface area contributed by atoms with E-state index in [-0.39, 0.29) is 34.4 Å². The Morgan fingerprint density at radius 2 is 1.33 bits per heavy atom. The lowest BCUT2D eigenvalue weighted by Gasteiger charge is -2.21. The van der Waals surface area contributed by atoms with Crippen molar-refractivity contribution in [1.82, 2.24) is 9.97 Å². The van der Waals surface area contributed by atoms with E-state index in [9.17, 15) is 14.4 Å². The van der Waals surface area contributed by atoms with Crippen molar-refractivity contribution < 1.29 is 19.1 Å². The Bertz CT molecular complexity index is 1650. The molecule has 4 aromatic rings. The van der Waals surface area contributed by atoms with Gasteiger partial charge in [0.05, 0.1) is 41.3 Å². The van der Waals surface area contributed by atoms with E-state index in [4.69, 9.17) is 21.1 Å². The van der Waals surface area contributed by atoms with Crippen LogP contribution in [0.1, 0.15) is 84.9 Å². The maximum atomic E-state index is 12.7. The number of methoxy groups -OCH3 is 2. The Morgan fingerprint density at radius 1 is 0.786 bits per heavy atom. The van der Waals surface area contributed by atoms with Gasteiger partial charge in [0.15, 0.2) is 17.0 Å². The van der Waals surface area contributed by atoms with Gasteiger partial charge in [0, 0.05) is 29.6 Å². The number of rotatable bonds is 6. The van der Waals surface area contributed by atoms with Crippen LogP contribution in [0, 0.1) is 11.8 Å². The number of hydrogen-bond acceptors (Lipinski definition) is 6. The van der Waals surface area contributed by atoms with Gasteiger partial charge in [-0.25, -0.2) is 0 Å². The molecule has 0 spiro atoms. The number of halogens is 1. The van der Waals surface area contributed by atoms with Gasteiger partial charge in [0.25, 0.3) is 0 Å². The van der Waals surface area contributed by atoms with Crippen LogP contribution in [-0.2, 0) is 0 Å². The van der Waals surface area contributed by atoms with Crippen LogP contribution in [0.3, 0.4) is 0 Å². The Morgan fingerprint density at radius 3 is 1.93 bits per heavy atom. The van der Waals surface area contributed by atoms with Gasteiger partial charge >= 0.3 is 0 Å². The van der Waals surface area contributed by atoms with E-state index >= 15 is 0 Å². The summed E-state index contributed by atoms with van der Waals surface area (Å²) >= 11 is 6.47. The third-order valence-corrected chi connectivity index (χ3v) is 9.00. The Hall–Kier alpha value is -3.71. The molecular weight excluding hydrogens is 552 g/mol. The first-order valence-corrected chi connectivity index (χ1v) is 15.2. The van der Waals surface area contributed by atoms with Gasteiger partial charge in [0.1, 0.15) is 17.0 Å². The smallest absolute Gasteiger partial charge is 0.200 e. The molecule has 2 aromatic carbocycles. The van der Waals surface area contributed by atoms with Crippen LogP contribution in [0.4, 0.5) is 0 Å². The van der Waals surface area contributed by atoms with Crippen LogP contribution >= 0.6 is 11.6 Å². The molecule has 8 heteroatoms. The molecular formula is C34H37ClN2O5. The molecule has 2 aliphatic rings. The third kappa shape index (κ3) is 6.07. The molecule has 2 heterocycles. The van der Waals surface area contributed by atoms with Gasteiger partial charge in [-0.15, -0.1) is 0 Å². The molecule has 0 unspecified atom stereocenters. The molecule has 0 bridgehead atoms. The number of para-hydroxylation sites is 2. The van der Waals surface area contributed by atoms with E-state index in [1.165, 1.54) is 12.8 Å². The average molecular weight is 589 g/mol. The quantitative estimate of drug-likeness (QED) is 0.229. The van der Waals surface area contributed by atoms with Crippen LogP contribution in [0.25, 0.3) is 21.8 Å². The van der Waals surface area contributed by atoms with E-state index in [1.807, 2.05) is 18.2 Å². The number of Topliss-reactive ketones (excluding diaryl/α,β-unsaturated/α-hetero) is 2. The SMILES string of the molecule is COc1cccc2c(=O)c(C(=O)C3CCCCC3)c[nH]c12.COc1cccc2c(Cl)c(C(=O)C3CCCCC3)cnc12. The molecule has 6 rings (SSSR count). The van der Waals surface area contributed by atoms with Crippen molar-refractivity contribution in [1.29, 1.82) is 0 Å². The fraction of sp³-hybridized carbons (Fsp3) is 0.412. The highest BCUT2D eigenvalue weighted by atomic mass is 35.5. The summed E-state index contributed by atoms with van der Waals surface area (Å²) in [6.07, 6.45) is 13.7. The highest BCUT2D eigenvalue weighted by molar-refractivity contribution is 6.38. The van der Waals surface area contributed by atoms with Gasteiger partial charge in [-0.1, -0.05) is 68.3 Å². The minimum absolute atomic E-state index is 0.00269. The molecule has 2 fully saturated rings.